The molecule has 1 aliphatic rings. The molecule has 4 aromatic rings. The van der Waals surface area contributed by atoms with Crippen molar-refractivity contribution in [1.29, 1.82) is 0 Å². The summed E-state index contributed by atoms with van der Waals surface area (Å²) in [6.45, 7) is 4.16. The van der Waals surface area contributed by atoms with Crippen LogP contribution in [-0.2, 0) is 12.8 Å². The Hall–Kier alpha value is -2.72. The zero-order valence-electron chi connectivity index (χ0n) is 18.8. The Kier molecular flexibility index (Phi) is 6.67. The van der Waals surface area contributed by atoms with Crippen molar-refractivity contribution in [2.75, 3.05) is 26.2 Å². The van der Waals surface area contributed by atoms with E-state index in [0.717, 1.165) is 38.4 Å². The van der Waals surface area contributed by atoms with Crippen LogP contribution in [0.15, 0.2) is 72.9 Å². The van der Waals surface area contributed by atoms with Gasteiger partial charge in [0.15, 0.2) is 12.3 Å². The highest BCUT2D eigenvalue weighted by molar-refractivity contribution is 7.71. The molecule has 2 aromatic carbocycles. The number of benzene rings is 2. The molecule has 2 N–H and O–H groups in total. The number of rotatable bonds is 5. The highest BCUT2D eigenvalue weighted by atomic mass is 35.5. The molecular weight excluding hydrogens is 495 g/mol. The molecule has 10 heteroatoms. The largest absolute Gasteiger partial charge is 0.417 e. The lowest BCUT2D eigenvalue weighted by molar-refractivity contribution is -1.03. The van der Waals surface area contributed by atoms with Crippen molar-refractivity contribution in [3.8, 4) is 0 Å². The van der Waals surface area contributed by atoms with Crippen molar-refractivity contribution in [3.63, 3.8) is 0 Å². The molecule has 0 aliphatic carbocycles. The first-order chi connectivity index (χ1) is 16.8. The zero-order valence-corrected chi connectivity index (χ0v) is 20.4. The fourth-order valence-electron chi connectivity index (χ4n) is 4.87. The molecule has 0 unspecified atom stereocenters. The lowest BCUT2D eigenvalue weighted by Gasteiger charge is -2.35. The van der Waals surface area contributed by atoms with Crippen LogP contribution in [-0.4, -0.2) is 40.4 Å². The molecule has 0 atom stereocenters. The first kappa shape index (κ1) is 24.0. The highest BCUT2D eigenvalue weighted by Gasteiger charge is 2.34. The molecule has 1 aliphatic heterocycles. The van der Waals surface area contributed by atoms with Gasteiger partial charge in [-0.3, -0.25) is 4.40 Å². The minimum absolute atomic E-state index is 0.0671. The number of alkyl halides is 3. The van der Waals surface area contributed by atoms with Crippen molar-refractivity contribution < 1.29 is 23.0 Å². The van der Waals surface area contributed by atoms with E-state index in [4.69, 9.17) is 23.8 Å². The average Bonchev–Trinajstić information content (AvgIpc) is 3.17. The van der Waals surface area contributed by atoms with Crippen LogP contribution in [0.4, 0.5) is 13.2 Å². The van der Waals surface area contributed by atoms with Gasteiger partial charge < -0.3 is 9.80 Å². The van der Waals surface area contributed by atoms with Crippen LogP contribution in [0.1, 0.15) is 22.7 Å². The van der Waals surface area contributed by atoms with Gasteiger partial charge in [0.1, 0.15) is 32.2 Å². The van der Waals surface area contributed by atoms with Gasteiger partial charge >= 0.3 is 6.18 Å². The lowest BCUT2D eigenvalue weighted by atomic mass is 9.96. The Bertz CT molecular complexity index is 1320. The minimum atomic E-state index is -4.51. The Morgan fingerprint density at radius 3 is 2.06 bits per heavy atom. The Morgan fingerprint density at radius 2 is 1.51 bits per heavy atom. The summed E-state index contributed by atoms with van der Waals surface area (Å²) in [4.78, 5) is 2.77. The topological polar surface area (TPSA) is 31.1 Å². The Labute approximate surface area is 211 Å². The molecule has 5 nitrogen and oxygen atoms in total. The zero-order chi connectivity index (χ0) is 24.6. The molecule has 1 fully saturated rings. The molecule has 0 spiro atoms. The molecular formula is C25H25ClF3N5S+2. The summed E-state index contributed by atoms with van der Waals surface area (Å²) in [6.07, 6.45) is -3.54. The Balaban J connectivity index is 1.34. The van der Waals surface area contributed by atoms with Gasteiger partial charge in [0.2, 0.25) is 4.77 Å². The molecule has 0 radical (unpaired) electrons. The van der Waals surface area contributed by atoms with E-state index in [-0.39, 0.29) is 21.5 Å². The lowest BCUT2D eigenvalue weighted by Crippen LogP contribution is -3.27. The summed E-state index contributed by atoms with van der Waals surface area (Å²) in [7, 11) is 0. The maximum Gasteiger partial charge on any atom is 0.417 e. The summed E-state index contributed by atoms with van der Waals surface area (Å²) >= 11 is 11.6. The second-order valence-electron chi connectivity index (χ2n) is 8.87. The SMILES string of the molecule is FC(F)(F)c1cc(Cl)c2nn(C[NH+]3CC[NH+](C(c4ccccc4)c4ccccc4)CC3)c(=S)n2c1. The minimum Gasteiger partial charge on any atom is -0.316 e. The predicted molar refractivity (Wildman–Crippen MR) is 130 cm³/mol. The van der Waals surface area contributed by atoms with Crippen molar-refractivity contribution in [2.45, 2.75) is 18.9 Å². The summed E-state index contributed by atoms with van der Waals surface area (Å²) < 4.78 is 42.7. The van der Waals surface area contributed by atoms with E-state index >= 15 is 0 Å². The van der Waals surface area contributed by atoms with Crippen LogP contribution in [0.2, 0.25) is 5.02 Å². The number of halogens is 4. The van der Waals surface area contributed by atoms with Crippen LogP contribution in [0.25, 0.3) is 5.65 Å². The number of nitrogens with one attached hydrogen (secondary N) is 2. The summed E-state index contributed by atoms with van der Waals surface area (Å²) in [6, 6.07) is 22.2. The van der Waals surface area contributed by atoms with Gasteiger partial charge in [0.25, 0.3) is 0 Å². The number of quaternary nitrogens is 2. The Morgan fingerprint density at radius 1 is 0.943 bits per heavy atom. The molecule has 35 heavy (non-hydrogen) atoms. The monoisotopic (exact) mass is 519 g/mol. The summed E-state index contributed by atoms with van der Waals surface area (Å²) in [5.74, 6) is 0. The predicted octanol–water partition coefficient (Wildman–Crippen LogP) is 3.07. The molecule has 2 aromatic heterocycles. The van der Waals surface area contributed by atoms with Gasteiger partial charge in [-0.25, -0.2) is 0 Å². The number of hydrogen-bond donors (Lipinski definition) is 2. The third-order valence-electron chi connectivity index (χ3n) is 6.61. The smallest absolute Gasteiger partial charge is 0.316 e. The van der Waals surface area contributed by atoms with Gasteiger partial charge in [-0.05, 0) is 18.3 Å². The third-order valence-corrected chi connectivity index (χ3v) is 7.29. The van der Waals surface area contributed by atoms with E-state index in [1.165, 1.54) is 25.3 Å². The van der Waals surface area contributed by atoms with E-state index in [1.54, 1.807) is 4.68 Å². The summed E-state index contributed by atoms with van der Waals surface area (Å²) in [5, 5.41) is 4.36. The van der Waals surface area contributed by atoms with Crippen molar-refractivity contribution in [2.24, 2.45) is 0 Å². The van der Waals surface area contributed by atoms with E-state index in [9.17, 15) is 13.2 Å². The maximum absolute atomic E-state index is 13.2. The average molecular weight is 520 g/mol. The summed E-state index contributed by atoms with van der Waals surface area (Å²) in [5.41, 5.74) is 1.97. The standard InChI is InChI=1S/C25H23ClF3N5S/c26-21-15-20(25(27,28)29)16-33-23(21)30-34(24(33)35)17-31-11-13-32(14-12-31)22(18-7-3-1-4-8-18)19-9-5-2-6-10-19/h1-10,15-16,22H,11-14,17H2/p+2. The van der Waals surface area contributed by atoms with Gasteiger partial charge in [0.05, 0.1) is 10.6 Å². The van der Waals surface area contributed by atoms with Crippen LogP contribution < -0.4 is 9.80 Å². The first-order valence-corrected chi connectivity index (χ1v) is 12.2. The number of pyridine rings is 1. The molecule has 3 heterocycles. The van der Waals surface area contributed by atoms with Crippen LogP contribution in [0.3, 0.4) is 0 Å². The van der Waals surface area contributed by atoms with Crippen LogP contribution in [0.5, 0.6) is 0 Å². The van der Waals surface area contributed by atoms with E-state index < -0.39 is 11.7 Å². The van der Waals surface area contributed by atoms with E-state index in [1.807, 2.05) is 12.1 Å². The number of hydrogen-bond acceptors (Lipinski definition) is 2. The van der Waals surface area contributed by atoms with Gasteiger partial charge in [-0.1, -0.05) is 72.3 Å². The van der Waals surface area contributed by atoms with Crippen molar-refractivity contribution in [3.05, 3.63) is 99.4 Å². The van der Waals surface area contributed by atoms with Crippen molar-refractivity contribution in [1.82, 2.24) is 14.2 Å². The van der Waals surface area contributed by atoms with Crippen molar-refractivity contribution >= 4 is 29.5 Å². The second kappa shape index (κ2) is 9.73. The fourth-order valence-corrected chi connectivity index (χ4v) is 5.36. The highest BCUT2D eigenvalue weighted by Crippen LogP contribution is 2.32. The fraction of sp³-hybridized carbons (Fsp3) is 0.280. The first-order valence-electron chi connectivity index (χ1n) is 11.5. The quantitative estimate of drug-likeness (QED) is 0.397. The molecule has 5 rings (SSSR count). The van der Waals surface area contributed by atoms with Crippen LogP contribution in [0, 0.1) is 4.77 Å². The van der Waals surface area contributed by atoms with Gasteiger partial charge in [-0.15, -0.1) is 5.10 Å². The molecule has 0 saturated carbocycles. The van der Waals surface area contributed by atoms with E-state index in [2.05, 4.69) is 53.6 Å². The third kappa shape index (κ3) is 4.99. The normalized spacial score (nSPS) is 18.9. The second-order valence-corrected chi connectivity index (χ2v) is 9.64. The number of nitrogens with zero attached hydrogens (tertiary/aromatic N) is 3. The van der Waals surface area contributed by atoms with Crippen LogP contribution >= 0.6 is 23.8 Å². The molecule has 1 saturated heterocycles. The van der Waals surface area contributed by atoms with Gasteiger partial charge in [-0.2, -0.15) is 17.9 Å². The maximum atomic E-state index is 13.2. The number of piperazine rings is 1. The molecule has 0 bridgehead atoms. The molecule has 0 amide bonds. The van der Waals surface area contributed by atoms with E-state index in [0.29, 0.717) is 6.67 Å². The molecule has 182 valence electrons. The van der Waals surface area contributed by atoms with Gasteiger partial charge in [0, 0.05) is 17.3 Å². The number of fused-ring (bicyclic) bond motifs is 1. The number of aromatic nitrogens is 3.